The van der Waals surface area contributed by atoms with Crippen LogP contribution in [0.25, 0.3) is 0 Å². The van der Waals surface area contributed by atoms with Crippen LogP contribution in [0.4, 0.5) is 0 Å². The van der Waals surface area contributed by atoms with Gasteiger partial charge in [0.05, 0.1) is 0 Å². The van der Waals surface area contributed by atoms with Crippen molar-refractivity contribution in [3.05, 3.63) is 0 Å². The van der Waals surface area contributed by atoms with Gasteiger partial charge in [-0.25, -0.2) is 0 Å². The summed E-state index contributed by atoms with van der Waals surface area (Å²) in [6.07, 6.45) is 6.04. The van der Waals surface area contributed by atoms with Gasteiger partial charge in [-0.1, -0.05) is 26.7 Å². The van der Waals surface area contributed by atoms with Crippen molar-refractivity contribution in [1.82, 2.24) is 5.32 Å². The van der Waals surface area contributed by atoms with E-state index in [1.807, 2.05) is 0 Å². The lowest BCUT2D eigenvalue weighted by Gasteiger charge is -2.24. The largest absolute Gasteiger partial charge is 0.500 e. The fourth-order valence-electron chi connectivity index (χ4n) is 2.43. The van der Waals surface area contributed by atoms with Gasteiger partial charge in [-0.3, -0.25) is 0 Å². The number of unbranched alkanes of at least 4 members (excludes halogenated alkanes) is 2. The second-order valence-electron chi connectivity index (χ2n) is 6.15. The molecular weight excluding hydrogens is 314 g/mol. The van der Waals surface area contributed by atoms with Crippen LogP contribution in [0.5, 0.6) is 0 Å². The summed E-state index contributed by atoms with van der Waals surface area (Å²) in [7, 11) is 5.01. The van der Waals surface area contributed by atoms with Crippen LogP contribution in [-0.4, -0.2) is 60.1 Å². The van der Waals surface area contributed by atoms with Crippen LogP contribution in [0.3, 0.4) is 0 Å². The average Bonchev–Trinajstić information content (AvgIpc) is 2.50. The maximum absolute atomic E-state index is 5.40. The fourth-order valence-corrected chi connectivity index (χ4v) is 4.99. The quantitative estimate of drug-likeness (QED) is 0.364. The first-order chi connectivity index (χ1) is 10.4. The monoisotopic (exact) mass is 349 g/mol. The molecule has 22 heavy (non-hydrogen) atoms. The lowest BCUT2D eigenvalue weighted by atomic mass is 10.0. The molecule has 0 saturated heterocycles. The van der Waals surface area contributed by atoms with Gasteiger partial charge in [0.15, 0.2) is 0 Å². The third-order valence-corrected chi connectivity index (χ3v) is 7.64. The molecule has 5 nitrogen and oxygen atoms in total. The van der Waals surface area contributed by atoms with E-state index in [9.17, 15) is 0 Å². The second kappa shape index (κ2) is 12.6. The van der Waals surface area contributed by atoms with Gasteiger partial charge in [-0.2, -0.15) is 0 Å². The van der Waals surface area contributed by atoms with Crippen molar-refractivity contribution >= 4 is 18.6 Å². The summed E-state index contributed by atoms with van der Waals surface area (Å²) in [6.45, 7) is 6.63. The van der Waals surface area contributed by atoms with Crippen LogP contribution < -0.4 is 5.32 Å². The van der Waals surface area contributed by atoms with Gasteiger partial charge in [-0.15, -0.1) is 0 Å². The van der Waals surface area contributed by atoms with Crippen LogP contribution in [0.1, 0.15) is 46.0 Å². The molecule has 0 rings (SSSR count). The van der Waals surface area contributed by atoms with E-state index in [2.05, 4.69) is 19.2 Å². The molecule has 0 bridgehead atoms. The fraction of sp³-hybridized carbons (Fsp3) is 1.00. The smallest absolute Gasteiger partial charge is 0.420 e. The molecule has 0 aliphatic carbocycles. The Morgan fingerprint density at radius 2 is 1.45 bits per heavy atom. The molecule has 0 saturated carbocycles. The Bertz CT molecular complexity index is 256. The zero-order chi connectivity index (χ0) is 16.9. The zero-order valence-corrected chi connectivity index (χ0v) is 17.3. The zero-order valence-electron chi connectivity index (χ0n) is 15.3. The highest BCUT2D eigenvalue weighted by atomic mass is 28.4. The third-order valence-electron chi connectivity index (χ3n) is 3.80. The number of hydrogen-bond acceptors (Lipinski definition) is 5. The van der Waals surface area contributed by atoms with Crippen molar-refractivity contribution in [2.45, 2.75) is 57.0 Å². The van der Waals surface area contributed by atoms with E-state index in [1.54, 1.807) is 28.4 Å². The van der Waals surface area contributed by atoms with Crippen molar-refractivity contribution in [2.75, 3.05) is 41.5 Å². The molecule has 0 aliphatic heterocycles. The SMILES string of the molecule is CO[Si]C(C)(C)CCCCCNCCC[Si](OC)(OC)OC. The topological polar surface area (TPSA) is 49.0 Å². The Labute approximate surface area is 140 Å². The highest BCUT2D eigenvalue weighted by Crippen LogP contribution is 2.29. The lowest BCUT2D eigenvalue weighted by molar-refractivity contribution is 0.123. The van der Waals surface area contributed by atoms with Gasteiger partial charge in [0.2, 0.25) is 9.76 Å². The Kier molecular flexibility index (Phi) is 12.8. The van der Waals surface area contributed by atoms with Gasteiger partial charge in [-0.05, 0) is 37.4 Å². The van der Waals surface area contributed by atoms with Gasteiger partial charge < -0.3 is 23.0 Å². The first-order valence-electron chi connectivity index (χ1n) is 8.11. The molecule has 0 heterocycles. The van der Waals surface area contributed by atoms with Crippen LogP contribution in [-0.2, 0) is 17.7 Å². The highest BCUT2D eigenvalue weighted by molar-refractivity contribution is 6.60. The van der Waals surface area contributed by atoms with E-state index in [1.165, 1.54) is 25.7 Å². The molecule has 0 amide bonds. The Morgan fingerprint density at radius 1 is 0.864 bits per heavy atom. The van der Waals surface area contributed by atoms with Crippen molar-refractivity contribution < 1.29 is 17.7 Å². The summed E-state index contributed by atoms with van der Waals surface area (Å²) in [5.41, 5.74) is 0. The highest BCUT2D eigenvalue weighted by Gasteiger charge is 2.36. The maximum Gasteiger partial charge on any atom is 0.500 e. The lowest BCUT2D eigenvalue weighted by Crippen LogP contribution is -2.43. The molecule has 0 unspecified atom stereocenters. The Morgan fingerprint density at radius 3 is 2.00 bits per heavy atom. The molecule has 7 heteroatoms. The Hall–Kier alpha value is 0.234. The molecule has 0 aromatic carbocycles. The molecule has 1 N–H and O–H groups in total. The third kappa shape index (κ3) is 10.1. The molecular formula is C15H35NO4Si2. The van der Waals surface area contributed by atoms with E-state index in [-0.39, 0.29) is 0 Å². The molecule has 0 spiro atoms. The van der Waals surface area contributed by atoms with Crippen molar-refractivity contribution in [3.63, 3.8) is 0 Å². The van der Waals surface area contributed by atoms with E-state index in [0.717, 1.165) is 25.6 Å². The van der Waals surface area contributed by atoms with Gasteiger partial charge >= 0.3 is 8.80 Å². The maximum atomic E-state index is 5.40. The average molecular weight is 350 g/mol. The number of rotatable bonds is 15. The van der Waals surface area contributed by atoms with Gasteiger partial charge in [0.25, 0.3) is 0 Å². The summed E-state index contributed by atoms with van der Waals surface area (Å²) >= 11 is 0. The minimum absolute atomic E-state index is 0.330. The number of hydrogen-bond donors (Lipinski definition) is 1. The number of nitrogens with one attached hydrogen (secondary N) is 1. The van der Waals surface area contributed by atoms with Gasteiger partial charge in [0.1, 0.15) is 0 Å². The summed E-state index contributed by atoms with van der Waals surface area (Å²) in [4.78, 5) is 0. The molecule has 0 fully saturated rings. The summed E-state index contributed by atoms with van der Waals surface area (Å²) in [5.74, 6) is 0. The van der Waals surface area contributed by atoms with Crippen LogP contribution in [0, 0.1) is 0 Å². The van der Waals surface area contributed by atoms with E-state index in [4.69, 9.17) is 17.7 Å². The van der Waals surface area contributed by atoms with Crippen molar-refractivity contribution in [2.24, 2.45) is 0 Å². The first-order valence-corrected chi connectivity index (χ1v) is 11.0. The van der Waals surface area contributed by atoms with Crippen molar-refractivity contribution in [1.29, 1.82) is 0 Å². The van der Waals surface area contributed by atoms with Crippen molar-refractivity contribution in [3.8, 4) is 0 Å². The summed E-state index contributed by atoms with van der Waals surface area (Å²) in [5, 5.41) is 3.82. The normalized spacial score (nSPS) is 12.8. The van der Waals surface area contributed by atoms with Crippen LogP contribution in [0.2, 0.25) is 11.1 Å². The molecule has 0 aliphatic rings. The van der Waals surface area contributed by atoms with Crippen LogP contribution in [0.15, 0.2) is 0 Å². The molecule has 0 aromatic heterocycles. The van der Waals surface area contributed by atoms with E-state index >= 15 is 0 Å². The standard InChI is InChI=1S/C15H35NO4Si2/c1-15(2,21-17-3)11-8-7-9-12-16-13-10-14-22(18-4,19-5)20-6/h16H,7-14H2,1-6H3. The molecule has 2 radical (unpaired) electrons. The predicted molar refractivity (Wildman–Crippen MR) is 94.3 cm³/mol. The first kappa shape index (κ1) is 22.2. The second-order valence-corrected chi connectivity index (χ2v) is 11.2. The van der Waals surface area contributed by atoms with E-state index < -0.39 is 8.80 Å². The minimum Gasteiger partial charge on any atom is -0.420 e. The Balaban J connectivity index is 3.51. The minimum atomic E-state index is -2.38. The predicted octanol–water partition coefficient (Wildman–Crippen LogP) is 2.87. The molecule has 132 valence electrons. The van der Waals surface area contributed by atoms with Gasteiger partial charge in [0, 0.05) is 34.5 Å². The molecule has 0 aromatic rings. The summed E-state index contributed by atoms with van der Waals surface area (Å²) < 4.78 is 21.5. The van der Waals surface area contributed by atoms with E-state index in [0.29, 0.717) is 14.8 Å². The molecule has 0 atom stereocenters. The van der Waals surface area contributed by atoms with Crippen LogP contribution >= 0.6 is 0 Å². The summed E-state index contributed by atoms with van der Waals surface area (Å²) in [6, 6.07) is 0.857.